The average Bonchev–Trinajstić information content (AvgIpc) is 3.27. The number of piperidine rings is 1. The van der Waals surface area contributed by atoms with Crippen LogP contribution in [0, 0.1) is 11.7 Å². The number of aromatic nitrogens is 3. The Balaban J connectivity index is 1.38. The molecule has 180 valence electrons. The molecule has 1 aliphatic rings. The number of hydrogen-bond acceptors (Lipinski definition) is 4. The van der Waals surface area contributed by atoms with Crippen molar-refractivity contribution in [3.63, 3.8) is 0 Å². The minimum atomic E-state index is -4.48. The summed E-state index contributed by atoms with van der Waals surface area (Å²) in [5.41, 5.74) is 1.04. The number of alkyl halides is 3. The summed E-state index contributed by atoms with van der Waals surface area (Å²) in [6.45, 7) is 1.12. The summed E-state index contributed by atoms with van der Waals surface area (Å²) in [5.74, 6) is -1.02. The van der Waals surface area contributed by atoms with Gasteiger partial charge in [-0.1, -0.05) is 6.07 Å². The second-order valence-corrected chi connectivity index (χ2v) is 8.54. The first kappa shape index (κ1) is 22.8. The SMILES string of the molecule is O=C(O)[C@H]1CCCN(c2ccc(-c3ccc(-c4nc5ccc(C(F)(F)F)cc5[nH]4)c(F)c3)cn2)C1. The van der Waals surface area contributed by atoms with Crippen molar-refractivity contribution >= 4 is 22.8 Å². The molecule has 0 unspecified atom stereocenters. The standard InChI is InChI=1S/C25H20F4N4O2/c26-19-10-14(15-4-8-22(30-12-15)33-9-1-2-16(13-33)24(34)35)3-6-18(19)23-31-20-7-5-17(25(27,28)29)11-21(20)32-23/h3-8,10-12,16H,1-2,9,13H2,(H,31,32)(H,34,35)/t16-/m0/s1. The Labute approximate surface area is 197 Å². The molecule has 3 heterocycles. The summed E-state index contributed by atoms with van der Waals surface area (Å²) in [4.78, 5) is 24.7. The largest absolute Gasteiger partial charge is 0.481 e. The highest BCUT2D eigenvalue weighted by atomic mass is 19.4. The number of carbonyl (C=O) groups is 1. The summed E-state index contributed by atoms with van der Waals surface area (Å²) in [5, 5.41) is 9.28. The number of nitrogens with zero attached hydrogens (tertiary/aromatic N) is 3. The van der Waals surface area contributed by atoms with Crippen LogP contribution in [0.25, 0.3) is 33.5 Å². The van der Waals surface area contributed by atoms with E-state index in [-0.39, 0.29) is 16.9 Å². The number of carboxylic acids is 1. The van der Waals surface area contributed by atoms with Gasteiger partial charge < -0.3 is 15.0 Å². The lowest BCUT2D eigenvalue weighted by molar-refractivity contribution is -0.142. The summed E-state index contributed by atoms with van der Waals surface area (Å²) in [6, 6.07) is 11.2. The fourth-order valence-electron chi connectivity index (χ4n) is 4.33. The highest BCUT2D eigenvalue weighted by Gasteiger charge is 2.31. The Bertz CT molecular complexity index is 1400. The normalized spacial score (nSPS) is 16.6. The van der Waals surface area contributed by atoms with Crippen LogP contribution in [0.4, 0.5) is 23.4 Å². The number of rotatable bonds is 4. The van der Waals surface area contributed by atoms with Crippen LogP contribution in [0.15, 0.2) is 54.7 Å². The molecule has 4 aromatic rings. The number of aliphatic carboxylic acids is 1. The molecule has 5 rings (SSSR count). The number of hydrogen-bond donors (Lipinski definition) is 2. The Morgan fingerprint density at radius 3 is 2.57 bits per heavy atom. The third-order valence-electron chi connectivity index (χ3n) is 6.21. The molecular formula is C25H20F4N4O2. The van der Waals surface area contributed by atoms with Gasteiger partial charge >= 0.3 is 12.1 Å². The maximum atomic E-state index is 15.0. The van der Waals surface area contributed by atoms with Crippen molar-refractivity contribution < 1.29 is 27.5 Å². The van der Waals surface area contributed by atoms with Crippen molar-refractivity contribution in [2.45, 2.75) is 19.0 Å². The predicted molar refractivity (Wildman–Crippen MR) is 122 cm³/mol. The quantitative estimate of drug-likeness (QED) is 0.361. The first-order valence-electron chi connectivity index (χ1n) is 11.0. The van der Waals surface area contributed by atoms with E-state index in [0.717, 1.165) is 25.1 Å². The van der Waals surface area contributed by atoms with Gasteiger partial charge in [0.1, 0.15) is 17.5 Å². The van der Waals surface area contributed by atoms with E-state index in [1.807, 2.05) is 4.90 Å². The lowest BCUT2D eigenvalue weighted by atomic mass is 9.98. The Morgan fingerprint density at radius 1 is 1.09 bits per heavy atom. The van der Waals surface area contributed by atoms with Gasteiger partial charge in [0.15, 0.2) is 0 Å². The first-order valence-corrected chi connectivity index (χ1v) is 11.0. The molecule has 1 atom stereocenters. The maximum absolute atomic E-state index is 15.0. The van der Waals surface area contributed by atoms with Crippen LogP contribution < -0.4 is 4.90 Å². The zero-order valence-electron chi connectivity index (χ0n) is 18.3. The van der Waals surface area contributed by atoms with E-state index in [1.165, 1.54) is 18.2 Å². The van der Waals surface area contributed by atoms with E-state index in [9.17, 15) is 27.5 Å². The van der Waals surface area contributed by atoms with Crippen LogP contribution >= 0.6 is 0 Å². The number of benzene rings is 2. The summed E-state index contributed by atoms with van der Waals surface area (Å²) in [6.07, 6.45) is -1.47. The molecule has 0 aliphatic carbocycles. The molecule has 2 N–H and O–H groups in total. The van der Waals surface area contributed by atoms with Crippen molar-refractivity contribution in [1.29, 1.82) is 0 Å². The van der Waals surface area contributed by atoms with Crippen molar-refractivity contribution in [3.05, 3.63) is 66.1 Å². The van der Waals surface area contributed by atoms with Crippen LogP contribution in [0.2, 0.25) is 0 Å². The zero-order valence-corrected chi connectivity index (χ0v) is 18.3. The number of halogens is 4. The topological polar surface area (TPSA) is 82.1 Å². The number of anilines is 1. The number of imidazole rings is 1. The third kappa shape index (κ3) is 4.55. The molecule has 0 radical (unpaired) electrons. The molecule has 6 nitrogen and oxygen atoms in total. The number of fused-ring (bicyclic) bond motifs is 1. The van der Waals surface area contributed by atoms with Crippen LogP contribution in [0.3, 0.4) is 0 Å². The van der Waals surface area contributed by atoms with E-state index in [4.69, 9.17) is 0 Å². The first-order chi connectivity index (χ1) is 16.7. The summed E-state index contributed by atoms with van der Waals surface area (Å²) < 4.78 is 53.9. The number of nitrogens with one attached hydrogen (secondary N) is 1. The molecule has 35 heavy (non-hydrogen) atoms. The fourth-order valence-corrected chi connectivity index (χ4v) is 4.33. The number of H-pyrrole nitrogens is 1. The Kier molecular flexibility index (Phi) is 5.66. The van der Waals surface area contributed by atoms with Gasteiger partial charge in [-0.2, -0.15) is 13.2 Å². The van der Waals surface area contributed by atoms with E-state index >= 15 is 0 Å². The second-order valence-electron chi connectivity index (χ2n) is 8.54. The zero-order chi connectivity index (χ0) is 24.7. The van der Waals surface area contributed by atoms with Gasteiger partial charge in [0, 0.05) is 24.8 Å². The van der Waals surface area contributed by atoms with Crippen LogP contribution in [0.1, 0.15) is 18.4 Å². The molecule has 1 aliphatic heterocycles. The van der Waals surface area contributed by atoms with Gasteiger partial charge in [0.2, 0.25) is 0 Å². The van der Waals surface area contributed by atoms with Crippen molar-refractivity contribution in [1.82, 2.24) is 15.0 Å². The highest BCUT2D eigenvalue weighted by molar-refractivity contribution is 5.81. The number of pyridine rings is 1. The summed E-state index contributed by atoms with van der Waals surface area (Å²) in [7, 11) is 0. The Morgan fingerprint density at radius 2 is 1.89 bits per heavy atom. The van der Waals surface area contributed by atoms with Gasteiger partial charge in [0.25, 0.3) is 0 Å². The number of aromatic amines is 1. The van der Waals surface area contributed by atoms with Gasteiger partial charge in [-0.3, -0.25) is 4.79 Å². The van der Waals surface area contributed by atoms with Crippen LogP contribution in [0.5, 0.6) is 0 Å². The van der Waals surface area contributed by atoms with Crippen LogP contribution in [-0.4, -0.2) is 39.1 Å². The predicted octanol–water partition coefficient (Wildman–Crippen LogP) is 5.75. The monoisotopic (exact) mass is 484 g/mol. The van der Waals surface area contributed by atoms with Crippen LogP contribution in [-0.2, 0) is 11.0 Å². The Hall–Kier alpha value is -3.95. The van der Waals surface area contributed by atoms with Crippen molar-refractivity contribution in [2.75, 3.05) is 18.0 Å². The fraction of sp³-hybridized carbons (Fsp3) is 0.240. The minimum Gasteiger partial charge on any atom is -0.481 e. The smallest absolute Gasteiger partial charge is 0.416 e. The van der Waals surface area contributed by atoms with Gasteiger partial charge in [-0.25, -0.2) is 14.4 Å². The molecule has 2 aromatic carbocycles. The molecule has 10 heteroatoms. The third-order valence-corrected chi connectivity index (χ3v) is 6.21. The molecule has 0 spiro atoms. The molecule has 0 bridgehead atoms. The molecule has 0 saturated carbocycles. The second kappa shape index (κ2) is 8.68. The molecule has 2 aromatic heterocycles. The highest BCUT2D eigenvalue weighted by Crippen LogP contribution is 2.33. The average molecular weight is 484 g/mol. The van der Waals surface area contributed by atoms with E-state index in [2.05, 4.69) is 15.0 Å². The molecule has 1 fully saturated rings. The lowest BCUT2D eigenvalue weighted by Gasteiger charge is -2.31. The van der Waals surface area contributed by atoms with Crippen molar-refractivity contribution in [3.8, 4) is 22.5 Å². The minimum absolute atomic E-state index is 0.134. The van der Waals surface area contributed by atoms with E-state index in [1.54, 1.807) is 24.4 Å². The van der Waals surface area contributed by atoms with Crippen molar-refractivity contribution in [2.24, 2.45) is 5.92 Å². The van der Waals surface area contributed by atoms with E-state index in [0.29, 0.717) is 35.4 Å². The van der Waals surface area contributed by atoms with Gasteiger partial charge in [-0.05, 0) is 60.9 Å². The lowest BCUT2D eigenvalue weighted by Crippen LogP contribution is -2.39. The number of carboxylic acid groups (broad SMARTS) is 1. The molecular weight excluding hydrogens is 464 g/mol. The maximum Gasteiger partial charge on any atom is 0.416 e. The van der Waals surface area contributed by atoms with Gasteiger partial charge in [0.05, 0.1) is 28.1 Å². The molecule has 1 saturated heterocycles. The summed E-state index contributed by atoms with van der Waals surface area (Å²) >= 11 is 0. The van der Waals surface area contributed by atoms with E-state index < -0.39 is 29.4 Å². The van der Waals surface area contributed by atoms with Gasteiger partial charge in [-0.15, -0.1) is 0 Å². The molecule has 0 amide bonds.